The Labute approximate surface area is 200 Å². The predicted molar refractivity (Wildman–Crippen MR) is 128 cm³/mol. The van der Waals surface area contributed by atoms with E-state index in [4.69, 9.17) is 5.73 Å². The summed E-state index contributed by atoms with van der Waals surface area (Å²) in [6.07, 6.45) is 0.133. The zero-order valence-electron chi connectivity index (χ0n) is 20.3. The van der Waals surface area contributed by atoms with Crippen LogP contribution in [0.1, 0.15) is 40.2 Å². The molecule has 0 aliphatic carbocycles. The van der Waals surface area contributed by atoms with E-state index < -0.39 is 41.8 Å². The SMILES string of the molecule is C=C(NC(=O)[C@H](Cc1ccccc1)NC(=O)[C@@H](NC(C)=O)C(C)C)C(=O)N[C@H](C(N)=O)C(C)C. The number of hydrogen-bond donors (Lipinski definition) is 5. The Morgan fingerprint density at radius 1 is 0.853 bits per heavy atom. The highest BCUT2D eigenvalue weighted by Gasteiger charge is 2.30. The molecule has 1 aromatic rings. The van der Waals surface area contributed by atoms with Crippen molar-refractivity contribution in [2.45, 2.75) is 59.2 Å². The Bertz CT molecular complexity index is 914. The third-order valence-electron chi connectivity index (χ3n) is 5.03. The number of carbonyl (C=O) groups excluding carboxylic acids is 5. The quantitative estimate of drug-likeness (QED) is 0.273. The maximum Gasteiger partial charge on any atom is 0.267 e. The monoisotopic (exact) mass is 473 g/mol. The normalized spacial score (nSPS) is 13.4. The van der Waals surface area contributed by atoms with Crippen LogP contribution in [0.4, 0.5) is 0 Å². The number of primary amides is 1. The molecule has 0 saturated heterocycles. The molecule has 10 heteroatoms. The minimum Gasteiger partial charge on any atom is -0.368 e. The molecule has 3 atom stereocenters. The third kappa shape index (κ3) is 9.05. The van der Waals surface area contributed by atoms with Gasteiger partial charge in [0.1, 0.15) is 18.1 Å². The van der Waals surface area contributed by atoms with Crippen molar-refractivity contribution in [3.05, 3.63) is 48.2 Å². The molecule has 1 rings (SSSR count). The van der Waals surface area contributed by atoms with Crippen molar-refractivity contribution in [2.24, 2.45) is 17.6 Å². The molecule has 6 N–H and O–H groups in total. The van der Waals surface area contributed by atoms with Crippen molar-refractivity contribution in [2.75, 3.05) is 0 Å². The molecule has 34 heavy (non-hydrogen) atoms. The number of rotatable bonds is 12. The summed E-state index contributed by atoms with van der Waals surface area (Å²) in [5.41, 5.74) is 5.79. The number of amides is 5. The number of nitrogens with one attached hydrogen (secondary N) is 4. The van der Waals surface area contributed by atoms with Gasteiger partial charge in [0, 0.05) is 13.3 Å². The standard InChI is InChI=1S/C24H35N5O5/c1-13(2)19(21(25)31)29-22(32)15(5)26-23(33)18(12-17-10-8-7-9-11-17)28-24(34)20(14(3)4)27-16(6)30/h7-11,13-14,18-20H,5,12H2,1-4,6H3,(H2,25,31)(H,26,33)(H,27,30)(H,28,34)(H,29,32)/t18-,19-,20-/m0/s1. The van der Waals surface area contributed by atoms with Crippen LogP contribution < -0.4 is 27.0 Å². The average molecular weight is 474 g/mol. The largest absolute Gasteiger partial charge is 0.368 e. The van der Waals surface area contributed by atoms with E-state index in [1.807, 2.05) is 6.07 Å². The fourth-order valence-electron chi connectivity index (χ4n) is 3.16. The van der Waals surface area contributed by atoms with E-state index >= 15 is 0 Å². The Kier molecular flexibility index (Phi) is 10.9. The highest BCUT2D eigenvalue weighted by molar-refractivity contribution is 6.01. The van der Waals surface area contributed by atoms with Crippen LogP contribution in [0.25, 0.3) is 0 Å². The molecule has 10 nitrogen and oxygen atoms in total. The minimum atomic E-state index is -1.06. The summed E-state index contributed by atoms with van der Waals surface area (Å²) in [6, 6.07) is 6.14. The van der Waals surface area contributed by atoms with Gasteiger partial charge in [0.05, 0.1) is 5.70 Å². The topological polar surface area (TPSA) is 159 Å². The summed E-state index contributed by atoms with van der Waals surface area (Å²) < 4.78 is 0. The van der Waals surface area contributed by atoms with E-state index in [0.717, 1.165) is 5.56 Å². The second-order valence-electron chi connectivity index (χ2n) is 8.74. The molecule has 186 valence electrons. The van der Waals surface area contributed by atoms with Gasteiger partial charge in [0.2, 0.25) is 23.6 Å². The van der Waals surface area contributed by atoms with Gasteiger partial charge in [0.15, 0.2) is 0 Å². The van der Waals surface area contributed by atoms with E-state index in [-0.39, 0.29) is 29.9 Å². The van der Waals surface area contributed by atoms with Crippen molar-refractivity contribution in [3.63, 3.8) is 0 Å². The second-order valence-corrected chi connectivity index (χ2v) is 8.74. The fraction of sp³-hybridized carbons (Fsp3) is 0.458. The van der Waals surface area contributed by atoms with Gasteiger partial charge in [-0.2, -0.15) is 0 Å². The van der Waals surface area contributed by atoms with Gasteiger partial charge in [0.25, 0.3) is 5.91 Å². The molecular weight excluding hydrogens is 438 g/mol. The van der Waals surface area contributed by atoms with Crippen molar-refractivity contribution < 1.29 is 24.0 Å². The first-order chi connectivity index (χ1) is 15.8. The lowest BCUT2D eigenvalue weighted by Gasteiger charge is -2.25. The number of hydrogen-bond acceptors (Lipinski definition) is 5. The molecule has 0 aromatic heterocycles. The summed E-state index contributed by atoms with van der Waals surface area (Å²) in [7, 11) is 0. The van der Waals surface area contributed by atoms with Crippen LogP contribution >= 0.6 is 0 Å². The molecule has 0 aliphatic heterocycles. The first-order valence-corrected chi connectivity index (χ1v) is 11.0. The Balaban J connectivity index is 3.03. The van der Waals surface area contributed by atoms with Crippen LogP contribution in [0.2, 0.25) is 0 Å². The van der Waals surface area contributed by atoms with Gasteiger partial charge in [-0.15, -0.1) is 0 Å². The highest BCUT2D eigenvalue weighted by Crippen LogP contribution is 2.08. The summed E-state index contributed by atoms with van der Waals surface area (Å²) in [5.74, 6) is -3.57. The predicted octanol–water partition coefficient (Wildman–Crippen LogP) is 0.131. The summed E-state index contributed by atoms with van der Waals surface area (Å²) in [6.45, 7) is 11.8. The number of nitrogens with two attached hydrogens (primary N) is 1. The number of benzene rings is 1. The lowest BCUT2D eigenvalue weighted by atomic mass is 10.0. The summed E-state index contributed by atoms with van der Waals surface area (Å²) in [4.78, 5) is 61.4. The Morgan fingerprint density at radius 3 is 1.88 bits per heavy atom. The first kappa shape index (κ1) is 28.3. The molecule has 0 radical (unpaired) electrons. The highest BCUT2D eigenvalue weighted by atomic mass is 16.2. The first-order valence-electron chi connectivity index (χ1n) is 11.0. The van der Waals surface area contributed by atoms with Crippen LogP contribution in [0, 0.1) is 11.8 Å². The maximum atomic E-state index is 13.0. The molecule has 0 fully saturated rings. The van der Waals surface area contributed by atoms with Crippen molar-refractivity contribution in [1.29, 1.82) is 0 Å². The maximum absolute atomic E-state index is 13.0. The number of carbonyl (C=O) groups is 5. The molecular formula is C24H35N5O5. The average Bonchev–Trinajstić information content (AvgIpc) is 2.74. The van der Waals surface area contributed by atoms with Crippen molar-refractivity contribution >= 4 is 29.5 Å². The van der Waals surface area contributed by atoms with Gasteiger partial charge in [-0.05, 0) is 17.4 Å². The summed E-state index contributed by atoms with van der Waals surface area (Å²) in [5, 5.41) is 10.1. The van der Waals surface area contributed by atoms with Gasteiger partial charge >= 0.3 is 0 Å². The molecule has 0 heterocycles. The Hall–Kier alpha value is -3.69. The third-order valence-corrected chi connectivity index (χ3v) is 5.03. The van der Waals surface area contributed by atoms with Gasteiger partial charge in [-0.25, -0.2) is 0 Å². The lowest BCUT2D eigenvalue weighted by molar-refractivity contribution is -0.132. The Morgan fingerprint density at radius 2 is 1.41 bits per heavy atom. The molecule has 0 spiro atoms. The molecule has 0 aliphatic rings. The van der Waals surface area contributed by atoms with Crippen LogP contribution in [0.3, 0.4) is 0 Å². The van der Waals surface area contributed by atoms with Crippen LogP contribution in [-0.4, -0.2) is 47.7 Å². The van der Waals surface area contributed by atoms with E-state index in [0.29, 0.717) is 0 Å². The van der Waals surface area contributed by atoms with E-state index in [1.54, 1.807) is 52.0 Å². The van der Waals surface area contributed by atoms with E-state index in [1.165, 1.54) is 6.92 Å². The lowest BCUT2D eigenvalue weighted by Crippen LogP contribution is -2.56. The van der Waals surface area contributed by atoms with Crippen LogP contribution in [0.5, 0.6) is 0 Å². The van der Waals surface area contributed by atoms with Gasteiger partial charge in [-0.1, -0.05) is 64.6 Å². The van der Waals surface area contributed by atoms with Gasteiger partial charge < -0.3 is 27.0 Å². The molecule has 0 bridgehead atoms. The molecule has 5 amide bonds. The van der Waals surface area contributed by atoms with Crippen molar-refractivity contribution in [1.82, 2.24) is 21.3 Å². The van der Waals surface area contributed by atoms with Gasteiger partial charge in [-0.3, -0.25) is 24.0 Å². The zero-order chi connectivity index (χ0) is 26.0. The van der Waals surface area contributed by atoms with E-state index in [2.05, 4.69) is 27.8 Å². The minimum absolute atomic E-state index is 0.133. The molecule has 0 unspecified atom stereocenters. The van der Waals surface area contributed by atoms with Crippen molar-refractivity contribution in [3.8, 4) is 0 Å². The smallest absolute Gasteiger partial charge is 0.267 e. The second kappa shape index (κ2) is 13.1. The van der Waals surface area contributed by atoms with E-state index in [9.17, 15) is 24.0 Å². The zero-order valence-corrected chi connectivity index (χ0v) is 20.3. The van der Waals surface area contributed by atoms with Crippen LogP contribution in [-0.2, 0) is 30.4 Å². The fourth-order valence-corrected chi connectivity index (χ4v) is 3.16. The summed E-state index contributed by atoms with van der Waals surface area (Å²) >= 11 is 0. The van der Waals surface area contributed by atoms with Crippen LogP contribution in [0.15, 0.2) is 42.6 Å². The molecule has 1 aromatic carbocycles. The molecule has 0 saturated carbocycles.